The van der Waals surface area contributed by atoms with Crippen molar-refractivity contribution in [3.63, 3.8) is 0 Å². The van der Waals surface area contributed by atoms with Crippen LogP contribution in [-0.4, -0.2) is 23.4 Å². The Hall–Kier alpha value is -3.37. The lowest BCUT2D eigenvalue weighted by Crippen LogP contribution is -2.23. The lowest BCUT2D eigenvalue weighted by molar-refractivity contribution is -0.117. The molecule has 3 aromatic rings. The monoisotopic (exact) mass is 636 g/mol. The lowest BCUT2D eigenvalue weighted by Gasteiger charge is -2.18. The van der Waals surface area contributed by atoms with Gasteiger partial charge in [0.25, 0.3) is 0 Å². The van der Waals surface area contributed by atoms with Crippen LogP contribution in [-0.2, 0) is 16.0 Å². The van der Waals surface area contributed by atoms with Crippen molar-refractivity contribution in [1.82, 2.24) is 10.3 Å². The standard InChI is InChI=1S/C15H27NO2.C10H9N.C9H11Cl.C4H8.C2H6/c1-11(2)18-15(6)9-13(4)16-10-12(3)7-8-14(5)17;1-8-6-9-4-2-3-5-10(9)7-11-8;1-3-8-6-4-5-7(2)9(8)10;1-4(2)3;1-2/h12,15-16H,1,4,7-10H2,2-3,5-6H3;2-7H,1H3;4-6H,3H2,1-2H3;1H2,2-3H3;1-2H3. The van der Waals surface area contributed by atoms with Crippen LogP contribution in [0.25, 0.3) is 10.8 Å². The van der Waals surface area contributed by atoms with Gasteiger partial charge >= 0.3 is 0 Å². The first-order chi connectivity index (χ1) is 21.2. The van der Waals surface area contributed by atoms with E-state index in [1.807, 2.05) is 85.9 Å². The van der Waals surface area contributed by atoms with E-state index in [1.165, 1.54) is 27.5 Å². The Bertz CT molecular complexity index is 1290. The number of carbonyl (C=O) groups is 1. The van der Waals surface area contributed by atoms with E-state index >= 15 is 0 Å². The zero-order chi connectivity index (χ0) is 34.9. The van der Waals surface area contributed by atoms with E-state index in [4.69, 9.17) is 16.3 Å². The molecule has 0 saturated heterocycles. The summed E-state index contributed by atoms with van der Waals surface area (Å²) < 4.78 is 5.47. The van der Waals surface area contributed by atoms with Gasteiger partial charge in [0.15, 0.2) is 0 Å². The number of allylic oxidation sites excluding steroid dienone is 2. The predicted molar refractivity (Wildman–Crippen MR) is 200 cm³/mol. The molecule has 2 atom stereocenters. The SMILES string of the molecule is C=C(C)C.C=C(CC(C)OC(=C)C)NCC(C)CCC(C)=O.CC.CCc1cccc(C)c1Cl.Cc1cc2ccccc2cn1. The number of ketones is 1. The fourth-order valence-corrected chi connectivity index (χ4v) is 4.11. The second kappa shape index (κ2) is 25.9. The van der Waals surface area contributed by atoms with E-state index in [1.54, 1.807) is 6.92 Å². The van der Waals surface area contributed by atoms with E-state index in [-0.39, 0.29) is 11.9 Å². The van der Waals surface area contributed by atoms with Gasteiger partial charge in [-0.3, -0.25) is 4.98 Å². The fraction of sp³-hybridized carbons (Fsp3) is 0.450. The highest BCUT2D eigenvalue weighted by molar-refractivity contribution is 6.32. The highest BCUT2D eigenvalue weighted by atomic mass is 35.5. The molecule has 1 N–H and O–H groups in total. The van der Waals surface area contributed by atoms with Gasteiger partial charge in [-0.2, -0.15) is 0 Å². The first-order valence-corrected chi connectivity index (χ1v) is 16.4. The summed E-state index contributed by atoms with van der Waals surface area (Å²) in [5.41, 5.74) is 5.62. The van der Waals surface area contributed by atoms with Gasteiger partial charge in [-0.1, -0.05) is 100 Å². The Labute approximate surface area is 281 Å². The van der Waals surface area contributed by atoms with Crippen molar-refractivity contribution >= 4 is 28.2 Å². The minimum Gasteiger partial charge on any atom is -0.496 e. The van der Waals surface area contributed by atoms with Crippen molar-refractivity contribution in [2.75, 3.05) is 6.54 Å². The zero-order valence-electron chi connectivity index (χ0n) is 30.1. The van der Waals surface area contributed by atoms with E-state index in [9.17, 15) is 4.79 Å². The van der Waals surface area contributed by atoms with Crippen molar-refractivity contribution in [2.45, 2.75) is 108 Å². The first kappa shape index (κ1) is 43.8. The lowest BCUT2D eigenvalue weighted by atomic mass is 10.0. The molecule has 3 rings (SSSR count). The van der Waals surface area contributed by atoms with Crippen LogP contribution >= 0.6 is 11.6 Å². The number of carbonyl (C=O) groups excluding carboxylic acids is 1. The maximum atomic E-state index is 10.9. The van der Waals surface area contributed by atoms with Crippen molar-refractivity contribution in [3.8, 4) is 0 Å². The summed E-state index contributed by atoms with van der Waals surface area (Å²) in [5.74, 6) is 1.46. The molecule has 45 heavy (non-hydrogen) atoms. The second-order valence-electron chi connectivity index (χ2n) is 11.4. The number of pyridine rings is 1. The molecule has 0 aliphatic heterocycles. The maximum Gasteiger partial charge on any atom is 0.129 e. The number of nitrogens with zero attached hydrogens (tertiary/aromatic N) is 1. The third kappa shape index (κ3) is 23.7. The number of hydrogen-bond donors (Lipinski definition) is 1. The number of benzene rings is 2. The molecule has 2 aromatic carbocycles. The quantitative estimate of drug-likeness (QED) is 0.168. The Morgan fingerprint density at radius 1 is 0.956 bits per heavy atom. The smallest absolute Gasteiger partial charge is 0.129 e. The minimum absolute atomic E-state index is 0.0926. The largest absolute Gasteiger partial charge is 0.496 e. The number of ether oxygens (including phenoxy) is 1. The average Bonchev–Trinajstić information content (AvgIpc) is 2.97. The van der Waals surface area contributed by atoms with Crippen LogP contribution in [0.5, 0.6) is 0 Å². The molecule has 4 nitrogen and oxygen atoms in total. The molecule has 0 amide bonds. The van der Waals surface area contributed by atoms with E-state index in [2.05, 4.69) is 68.2 Å². The molecule has 0 saturated carbocycles. The van der Waals surface area contributed by atoms with Crippen molar-refractivity contribution in [2.24, 2.45) is 5.92 Å². The summed E-state index contributed by atoms with van der Waals surface area (Å²) in [6, 6.07) is 16.5. The minimum atomic E-state index is 0.0926. The second-order valence-corrected chi connectivity index (χ2v) is 11.8. The van der Waals surface area contributed by atoms with Crippen LogP contribution in [0, 0.1) is 19.8 Å². The number of Topliss-reactive ketones (excluding diaryl/α,β-unsaturated/α-hetero) is 1. The van der Waals surface area contributed by atoms with Gasteiger partial charge in [0.1, 0.15) is 11.9 Å². The summed E-state index contributed by atoms with van der Waals surface area (Å²) >= 11 is 5.99. The molecular weight excluding hydrogens is 576 g/mol. The number of nitrogens with one attached hydrogen (secondary N) is 1. The van der Waals surface area contributed by atoms with Crippen molar-refractivity contribution in [1.29, 1.82) is 0 Å². The molecule has 0 radical (unpaired) electrons. The Morgan fingerprint density at radius 2 is 1.53 bits per heavy atom. The van der Waals surface area contributed by atoms with Crippen molar-refractivity contribution < 1.29 is 9.53 Å². The third-order valence-corrected chi connectivity index (χ3v) is 6.59. The van der Waals surface area contributed by atoms with Gasteiger partial charge in [-0.15, -0.1) is 6.58 Å². The number of aryl methyl sites for hydroxylation is 3. The average molecular weight is 637 g/mol. The van der Waals surface area contributed by atoms with Crippen LogP contribution in [0.15, 0.2) is 91.5 Å². The highest BCUT2D eigenvalue weighted by Gasteiger charge is 2.08. The fourth-order valence-electron chi connectivity index (χ4n) is 3.85. The molecule has 0 aliphatic carbocycles. The molecule has 5 heteroatoms. The number of halogens is 1. The summed E-state index contributed by atoms with van der Waals surface area (Å²) in [4.78, 5) is 15.1. The third-order valence-electron chi connectivity index (χ3n) is 6.05. The maximum absolute atomic E-state index is 10.9. The summed E-state index contributed by atoms with van der Waals surface area (Å²) in [5, 5.41) is 6.69. The van der Waals surface area contributed by atoms with E-state index in [0.29, 0.717) is 12.3 Å². The summed E-state index contributed by atoms with van der Waals surface area (Å²) in [6.07, 6.45) is 5.37. The molecular formula is C40H61ClN2O2. The number of hydrogen-bond acceptors (Lipinski definition) is 4. The molecule has 250 valence electrons. The Morgan fingerprint density at radius 3 is 2.04 bits per heavy atom. The zero-order valence-corrected chi connectivity index (χ0v) is 30.9. The van der Waals surface area contributed by atoms with Crippen LogP contribution in [0.1, 0.15) is 98.4 Å². The molecule has 0 bridgehead atoms. The molecule has 1 heterocycles. The topological polar surface area (TPSA) is 51.2 Å². The Balaban J connectivity index is 0. The van der Waals surface area contributed by atoms with Gasteiger partial charge in [0, 0.05) is 47.4 Å². The highest BCUT2D eigenvalue weighted by Crippen LogP contribution is 2.20. The predicted octanol–water partition coefficient (Wildman–Crippen LogP) is 11.8. The van der Waals surface area contributed by atoms with Crippen LogP contribution in [0.2, 0.25) is 5.02 Å². The van der Waals surface area contributed by atoms with Gasteiger partial charge in [0.2, 0.25) is 0 Å². The van der Waals surface area contributed by atoms with Crippen LogP contribution < -0.4 is 5.32 Å². The molecule has 0 fully saturated rings. The Kier molecular flexibility index (Phi) is 25.2. The van der Waals surface area contributed by atoms with Crippen molar-refractivity contribution in [3.05, 3.63) is 113 Å². The molecule has 2 unspecified atom stereocenters. The van der Waals surface area contributed by atoms with Crippen LogP contribution in [0.4, 0.5) is 0 Å². The molecule has 1 aromatic heterocycles. The van der Waals surface area contributed by atoms with E-state index in [0.717, 1.165) is 48.0 Å². The van der Waals surface area contributed by atoms with Crippen LogP contribution in [0.3, 0.4) is 0 Å². The normalized spacial score (nSPS) is 10.8. The number of rotatable bonds is 11. The molecule has 0 spiro atoms. The first-order valence-electron chi connectivity index (χ1n) is 16.1. The van der Waals surface area contributed by atoms with E-state index < -0.39 is 0 Å². The summed E-state index contributed by atoms with van der Waals surface area (Å²) in [6.45, 7) is 33.8. The number of fused-ring (bicyclic) bond motifs is 1. The summed E-state index contributed by atoms with van der Waals surface area (Å²) in [7, 11) is 0. The molecule has 0 aliphatic rings. The van der Waals surface area contributed by atoms with Gasteiger partial charge in [-0.05, 0) is 89.8 Å². The number of aromatic nitrogens is 1. The van der Waals surface area contributed by atoms with Gasteiger partial charge < -0.3 is 14.8 Å². The van der Waals surface area contributed by atoms with Gasteiger partial charge in [-0.25, -0.2) is 0 Å². The van der Waals surface area contributed by atoms with Gasteiger partial charge in [0.05, 0.1) is 5.76 Å².